The van der Waals surface area contributed by atoms with E-state index in [4.69, 9.17) is 40.9 Å². The van der Waals surface area contributed by atoms with Gasteiger partial charge in [-0.1, -0.05) is 0 Å². The molecule has 0 spiro atoms. The van der Waals surface area contributed by atoms with Crippen LogP contribution in [0.25, 0.3) is 0 Å². The van der Waals surface area contributed by atoms with Gasteiger partial charge in [0.15, 0.2) is 0 Å². The summed E-state index contributed by atoms with van der Waals surface area (Å²) in [4.78, 5) is 44.4. The summed E-state index contributed by atoms with van der Waals surface area (Å²) in [6.45, 7) is -1.05. The first-order valence-electron chi connectivity index (χ1n) is 8.25. The fraction of sp³-hybridized carbons (Fsp3) is 0.733. The molecule has 0 saturated heterocycles. The first-order valence-corrected chi connectivity index (χ1v) is 8.25. The number of carbonyl (C=O) groups is 4. The van der Waals surface area contributed by atoms with E-state index in [1.54, 1.807) is 6.92 Å². The first-order chi connectivity index (χ1) is 13.4. The maximum atomic E-state index is 10.6. The molecule has 0 heterocycles. The van der Waals surface area contributed by atoms with Crippen LogP contribution < -0.4 is 0 Å². The molecule has 0 aromatic rings. The van der Waals surface area contributed by atoms with Crippen molar-refractivity contribution in [2.75, 3.05) is 59.1 Å². The normalized spacial score (nSPS) is 9.73. The van der Waals surface area contributed by atoms with E-state index in [1.165, 1.54) is 0 Å². The zero-order valence-electron chi connectivity index (χ0n) is 16.0. The van der Waals surface area contributed by atoms with E-state index in [1.807, 2.05) is 0 Å². The van der Waals surface area contributed by atoms with Gasteiger partial charge >= 0.3 is 53.4 Å². The Hall–Kier alpha value is -1.36. The number of hydrogen-bond donors (Lipinski definition) is 8. The molecular formula is C15H31N2NaO12. The van der Waals surface area contributed by atoms with Crippen molar-refractivity contribution >= 4 is 53.4 Å². The molecule has 174 valence electrons. The third kappa shape index (κ3) is 31.3. The van der Waals surface area contributed by atoms with E-state index in [0.29, 0.717) is 0 Å². The van der Waals surface area contributed by atoms with Gasteiger partial charge in [-0.3, -0.25) is 29.0 Å². The predicted molar refractivity (Wildman–Crippen MR) is 104 cm³/mol. The van der Waals surface area contributed by atoms with Crippen molar-refractivity contribution in [3.63, 3.8) is 0 Å². The van der Waals surface area contributed by atoms with Crippen molar-refractivity contribution < 1.29 is 60.0 Å². The number of aliphatic hydroxyl groups is 4. The first kappa shape index (κ1) is 36.0. The van der Waals surface area contributed by atoms with Gasteiger partial charge in [-0.15, -0.1) is 0 Å². The Bertz CT molecular complexity index is 409. The van der Waals surface area contributed by atoms with Crippen molar-refractivity contribution in [2.24, 2.45) is 0 Å². The summed E-state index contributed by atoms with van der Waals surface area (Å²) in [5.74, 6) is -4.91. The monoisotopic (exact) mass is 454 g/mol. The summed E-state index contributed by atoms with van der Waals surface area (Å²) in [6, 6.07) is 0. The minimum absolute atomic E-state index is 0. The van der Waals surface area contributed by atoms with Crippen molar-refractivity contribution in [2.45, 2.75) is 13.0 Å². The summed E-state index contributed by atoms with van der Waals surface area (Å²) >= 11 is 0. The fourth-order valence-electron chi connectivity index (χ4n) is 1.53. The van der Waals surface area contributed by atoms with E-state index in [0.717, 1.165) is 9.80 Å². The predicted octanol–water partition coefficient (Wildman–Crippen LogP) is -4.39. The van der Waals surface area contributed by atoms with Crippen LogP contribution >= 0.6 is 0 Å². The average Bonchev–Trinajstić information content (AvgIpc) is 2.58. The Kier molecular flexibility index (Phi) is 28.7. The van der Waals surface area contributed by atoms with Crippen LogP contribution in [-0.2, 0) is 19.2 Å². The maximum absolute atomic E-state index is 10.6. The van der Waals surface area contributed by atoms with Crippen LogP contribution in [0, 0.1) is 0 Å². The second-order valence-corrected chi connectivity index (χ2v) is 5.33. The molecule has 0 aliphatic rings. The van der Waals surface area contributed by atoms with Crippen molar-refractivity contribution in [1.82, 2.24) is 9.80 Å². The summed E-state index contributed by atoms with van der Waals surface area (Å²) < 4.78 is 0. The van der Waals surface area contributed by atoms with Crippen LogP contribution in [0.4, 0.5) is 0 Å². The van der Waals surface area contributed by atoms with Crippen LogP contribution in [0.15, 0.2) is 0 Å². The number of carboxylic acid groups (broad SMARTS) is 4. The van der Waals surface area contributed by atoms with Gasteiger partial charge in [0.2, 0.25) is 0 Å². The number of hydrogen-bond acceptors (Lipinski definition) is 10. The Morgan fingerprint density at radius 3 is 0.967 bits per heavy atom. The molecule has 0 bridgehead atoms. The van der Waals surface area contributed by atoms with Gasteiger partial charge in [0.25, 0.3) is 0 Å². The molecular weight excluding hydrogens is 423 g/mol. The van der Waals surface area contributed by atoms with Gasteiger partial charge in [0.1, 0.15) is 6.10 Å². The molecule has 0 amide bonds. The molecule has 8 N–H and O–H groups in total. The van der Waals surface area contributed by atoms with Crippen LogP contribution in [0.3, 0.4) is 0 Å². The summed E-state index contributed by atoms with van der Waals surface area (Å²) in [5.41, 5.74) is 0. The van der Waals surface area contributed by atoms with Gasteiger partial charge in [-0.25, -0.2) is 0 Å². The van der Waals surface area contributed by atoms with Gasteiger partial charge in [0.05, 0.1) is 39.4 Å². The zero-order valence-corrected chi connectivity index (χ0v) is 16.0. The van der Waals surface area contributed by atoms with Gasteiger partial charge in [0, 0.05) is 19.7 Å². The third-order valence-electron chi connectivity index (χ3n) is 2.59. The Morgan fingerprint density at radius 1 is 0.667 bits per heavy atom. The molecule has 0 aliphatic carbocycles. The molecule has 15 heteroatoms. The molecule has 0 unspecified atom stereocenters. The number of carboxylic acids is 4. The molecule has 0 aromatic carbocycles. The Labute approximate surface area is 195 Å². The molecule has 0 aliphatic heterocycles. The Balaban J connectivity index is -0.000000284. The fourth-order valence-corrected chi connectivity index (χ4v) is 1.53. The third-order valence-corrected chi connectivity index (χ3v) is 2.59. The van der Waals surface area contributed by atoms with Gasteiger partial charge in [-0.2, -0.15) is 0 Å². The van der Waals surface area contributed by atoms with E-state index in [-0.39, 0.29) is 62.5 Å². The summed E-state index contributed by atoms with van der Waals surface area (Å²) in [6.07, 6.45) is -0.954. The molecule has 0 atom stereocenters. The van der Waals surface area contributed by atoms with Crippen LogP contribution in [-0.4, -0.2) is 169 Å². The molecule has 0 fully saturated rings. The molecule has 14 nitrogen and oxygen atoms in total. The molecule has 0 aromatic heterocycles. The zero-order chi connectivity index (χ0) is 23.4. The van der Waals surface area contributed by atoms with Crippen molar-refractivity contribution in [3.8, 4) is 0 Å². The van der Waals surface area contributed by atoms with E-state index in [2.05, 4.69) is 0 Å². The minimum atomic E-state index is -1.23. The van der Waals surface area contributed by atoms with Crippen molar-refractivity contribution in [1.29, 1.82) is 0 Å². The number of rotatable bonds is 13. The van der Waals surface area contributed by atoms with Crippen molar-refractivity contribution in [3.05, 3.63) is 0 Å². The Morgan fingerprint density at radius 2 is 0.867 bits per heavy atom. The average molecular weight is 454 g/mol. The molecule has 0 rings (SSSR count). The quantitative estimate of drug-likeness (QED) is 0.123. The number of nitrogens with zero attached hydrogens (tertiary/aromatic N) is 2. The number of aliphatic hydroxyl groups excluding tert-OH is 4. The summed E-state index contributed by atoms with van der Waals surface area (Å²) in [7, 11) is 0. The molecule has 30 heavy (non-hydrogen) atoms. The topological polar surface area (TPSA) is 237 Å². The summed E-state index contributed by atoms with van der Waals surface area (Å²) in [5, 5.41) is 66.1. The van der Waals surface area contributed by atoms with Crippen LogP contribution in [0.5, 0.6) is 0 Å². The second kappa shape index (κ2) is 23.9. The second-order valence-electron chi connectivity index (χ2n) is 5.33. The van der Waals surface area contributed by atoms with E-state index < -0.39 is 56.2 Å². The van der Waals surface area contributed by atoms with Gasteiger partial charge in [-0.05, 0) is 6.92 Å². The SMILES string of the molecule is CCO.O=C(O)CN(CCN(CC(=O)O)CC(=O)O)CC(=O)O.OCC(O)CO.[NaH]. The van der Waals surface area contributed by atoms with Crippen LogP contribution in [0.1, 0.15) is 6.92 Å². The van der Waals surface area contributed by atoms with E-state index in [9.17, 15) is 19.2 Å². The number of aliphatic carboxylic acids is 4. The molecule has 0 saturated carbocycles. The van der Waals surface area contributed by atoms with Gasteiger partial charge < -0.3 is 40.9 Å². The van der Waals surface area contributed by atoms with Crippen LogP contribution in [0.2, 0.25) is 0 Å². The molecule has 0 radical (unpaired) electrons. The van der Waals surface area contributed by atoms with E-state index >= 15 is 0 Å². The standard InChI is InChI=1S/C10H16N2O8.C3H8O3.C2H6O.Na.H/c13-7(14)3-11(4-8(15)16)1-2-12(5-9(17)18)6-10(19)20;4-1-3(6)2-5;1-2-3;;/h1-6H2,(H,13,14)(H,15,16)(H,17,18)(H,19,20);3-6H,1-2H2;3H,2H2,1H3;;.